The predicted octanol–water partition coefficient (Wildman–Crippen LogP) is 2.00. The Bertz CT molecular complexity index is 176. The van der Waals surface area contributed by atoms with Crippen LogP contribution < -0.4 is 5.32 Å². The second-order valence-corrected chi connectivity index (χ2v) is 4.72. The van der Waals surface area contributed by atoms with E-state index in [0.717, 1.165) is 6.54 Å². The number of carbonyl (C=O) groups is 1. The van der Waals surface area contributed by atoms with Gasteiger partial charge in [0.25, 0.3) is 0 Å². The first-order valence-electron chi connectivity index (χ1n) is 5.04. The van der Waals surface area contributed by atoms with E-state index in [4.69, 9.17) is 0 Å². The Morgan fingerprint density at radius 3 is 2.62 bits per heavy atom. The van der Waals surface area contributed by atoms with Crippen molar-refractivity contribution in [1.82, 2.24) is 5.32 Å². The first-order valence-corrected chi connectivity index (χ1v) is 5.67. The normalized spacial score (nSPS) is 20.2. The van der Waals surface area contributed by atoms with Gasteiger partial charge in [0.15, 0.2) is 0 Å². The Hall–Kier alpha value is -0.180. The molecule has 1 amide bonds. The standard InChI is InChI=1S/C10H19NOS/c1-10(5-2-3-6-10)8-11-9(12)4-7-13/h13H,2-8H2,1H3,(H,11,12). The Morgan fingerprint density at radius 2 is 2.08 bits per heavy atom. The van der Waals surface area contributed by atoms with Crippen LogP contribution in [0.15, 0.2) is 0 Å². The summed E-state index contributed by atoms with van der Waals surface area (Å²) in [4.78, 5) is 11.2. The fourth-order valence-corrected chi connectivity index (χ4v) is 2.11. The van der Waals surface area contributed by atoms with E-state index < -0.39 is 0 Å². The van der Waals surface area contributed by atoms with E-state index in [9.17, 15) is 4.79 Å². The highest BCUT2D eigenvalue weighted by Gasteiger charge is 2.28. The number of carbonyl (C=O) groups excluding carboxylic acids is 1. The maximum atomic E-state index is 11.2. The van der Waals surface area contributed by atoms with Crippen LogP contribution in [-0.2, 0) is 4.79 Å². The van der Waals surface area contributed by atoms with Gasteiger partial charge in [-0.2, -0.15) is 12.6 Å². The molecule has 0 atom stereocenters. The van der Waals surface area contributed by atoms with Crippen LogP contribution in [0.5, 0.6) is 0 Å². The van der Waals surface area contributed by atoms with Gasteiger partial charge < -0.3 is 5.32 Å². The zero-order valence-electron chi connectivity index (χ0n) is 8.31. The Balaban J connectivity index is 2.21. The summed E-state index contributed by atoms with van der Waals surface area (Å²) in [5.74, 6) is 0.783. The van der Waals surface area contributed by atoms with Crippen molar-refractivity contribution in [2.24, 2.45) is 5.41 Å². The molecule has 3 heteroatoms. The van der Waals surface area contributed by atoms with Crippen molar-refractivity contribution in [3.05, 3.63) is 0 Å². The number of hydrogen-bond donors (Lipinski definition) is 2. The molecule has 76 valence electrons. The molecule has 0 aromatic heterocycles. The van der Waals surface area contributed by atoms with Crippen LogP contribution in [0.2, 0.25) is 0 Å². The summed E-state index contributed by atoms with van der Waals surface area (Å²) in [6.07, 6.45) is 5.69. The number of hydrogen-bond acceptors (Lipinski definition) is 2. The lowest BCUT2D eigenvalue weighted by atomic mass is 9.89. The van der Waals surface area contributed by atoms with E-state index in [1.165, 1.54) is 25.7 Å². The number of thiol groups is 1. The molecule has 0 unspecified atom stereocenters. The quantitative estimate of drug-likeness (QED) is 0.669. The lowest BCUT2D eigenvalue weighted by molar-refractivity contribution is -0.121. The van der Waals surface area contributed by atoms with Gasteiger partial charge in [-0.05, 0) is 24.0 Å². The minimum Gasteiger partial charge on any atom is -0.356 e. The molecule has 13 heavy (non-hydrogen) atoms. The van der Waals surface area contributed by atoms with Crippen molar-refractivity contribution in [3.63, 3.8) is 0 Å². The SMILES string of the molecule is CC1(CNC(=O)CCS)CCCC1. The number of rotatable bonds is 4. The van der Waals surface area contributed by atoms with Gasteiger partial charge in [0.2, 0.25) is 5.91 Å². The van der Waals surface area contributed by atoms with Crippen LogP contribution in [-0.4, -0.2) is 18.2 Å². The van der Waals surface area contributed by atoms with E-state index in [1.807, 2.05) is 0 Å². The van der Waals surface area contributed by atoms with Gasteiger partial charge in [-0.25, -0.2) is 0 Å². The van der Waals surface area contributed by atoms with E-state index in [1.54, 1.807) is 0 Å². The van der Waals surface area contributed by atoms with E-state index in [0.29, 0.717) is 17.6 Å². The molecule has 1 aliphatic rings. The second kappa shape index (κ2) is 4.89. The zero-order valence-corrected chi connectivity index (χ0v) is 9.20. The van der Waals surface area contributed by atoms with Gasteiger partial charge in [0, 0.05) is 13.0 Å². The molecule has 0 aromatic carbocycles. The second-order valence-electron chi connectivity index (χ2n) is 4.27. The largest absolute Gasteiger partial charge is 0.356 e. The molecule has 0 saturated heterocycles. The third-order valence-corrected chi connectivity index (χ3v) is 3.09. The predicted molar refractivity (Wildman–Crippen MR) is 58.1 cm³/mol. The molecule has 0 aliphatic heterocycles. The Labute approximate surface area is 85.9 Å². The summed E-state index contributed by atoms with van der Waals surface area (Å²) in [5.41, 5.74) is 0.367. The van der Waals surface area contributed by atoms with Gasteiger partial charge in [-0.15, -0.1) is 0 Å². The van der Waals surface area contributed by atoms with Gasteiger partial charge in [-0.1, -0.05) is 19.8 Å². The summed E-state index contributed by atoms with van der Waals surface area (Å²) in [5, 5.41) is 2.98. The van der Waals surface area contributed by atoms with Crippen molar-refractivity contribution < 1.29 is 4.79 Å². The highest BCUT2D eigenvalue weighted by molar-refractivity contribution is 7.80. The fourth-order valence-electron chi connectivity index (χ4n) is 1.91. The summed E-state index contributed by atoms with van der Waals surface area (Å²) < 4.78 is 0. The average molecular weight is 201 g/mol. The molecule has 2 nitrogen and oxygen atoms in total. The van der Waals surface area contributed by atoms with Crippen LogP contribution in [0, 0.1) is 5.41 Å². The topological polar surface area (TPSA) is 29.1 Å². The maximum absolute atomic E-state index is 11.2. The fraction of sp³-hybridized carbons (Fsp3) is 0.900. The van der Waals surface area contributed by atoms with Crippen LogP contribution in [0.3, 0.4) is 0 Å². The first-order chi connectivity index (χ1) is 6.16. The molecule has 1 aliphatic carbocycles. The third-order valence-electron chi connectivity index (χ3n) is 2.86. The molecular weight excluding hydrogens is 182 g/mol. The average Bonchev–Trinajstić information content (AvgIpc) is 2.51. The van der Waals surface area contributed by atoms with Crippen LogP contribution in [0.1, 0.15) is 39.0 Å². The van der Waals surface area contributed by atoms with Crippen LogP contribution in [0.25, 0.3) is 0 Å². The smallest absolute Gasteiger partial charge is 0.220 e. The number of amides is 1. The van der Waals surface area contributed by atoms with Crippen molar-refractivity contribution in [3.8, 4) is 0 Å². The zero-order chi connectivity index (χ0) is 9.73. The molecule has 0 bridgehead atoms. The first kappa shape index (κ1) is 10.9. The van der Waals surface area contributed by atoms with Crippen molar-refractivity contribution in [2.45, 2.75) is 39.0 Å². The molecule has 0 heterocycles. The Kier molecular flexibility index (Phi) is 4.10. The molecule has 1 saturated carbocycles. The molecule has 1 N–H and O–H groups in total. The Morgan fingerprint density at radius 1 is 1.46 bits per heavy atom. The summed E-state index contributed by atoms with van der Waals surface area (Å²) >= 11 is 4.02. The maximum Gasteiger partial charge on any atom is 0.220 e. The minimum absolute atomic E-state index is 0.142. The summed E-state index contributed by atoms with van der Waals surface area (Å²) in [6, 6.07) is 0. The third kappa shape index (κ3) is 3.59. The van der Waals surface area contributed by atoms with Crippen molar-refractivity contribution >= 4 is 18.5 Å². The van der Waals surface area contributed by atoms with Crippen molar-refractivity contribution in [1.29, 1.82) is 0 Å². The lowest BCUT2D eigenvalue weighted by Crippen LogP contribution is -2.34. The van der Waals surface area contributed by atoms with Crippen LogP contribution in [0.4, 0.5) is 0 Å². The van der Waals surface area contributed by atoms with Crippen molar-refractivity contribution in [2.75, 3.05) is 12.3 Å². The molecular formula is C10H19NOS. The lowest BCUT2D eigenvalue weighted by Gasteiger charge is -2.23. The summed E-state index contributed by atoms with van der Waals surface area (Å²) in [6.45, 7) is 3.11. The highest BCUT2D eigenvalue weighted by atomic mass is 32.1. The molecule has 1 rings (SSSR count). The van der Waals surface area contributed by atoms with E-state index in [2.05, 4.69) is 24.9 Å². The van der Waals surface area contributed by atoms with Gasteiger partial charge in [0.1, 0.15) is 0 Å². The number of nitrogens with one attached hydrogen (secondary N) is 1. The monoisotopic (exact) mass is 201 g/mol. The van der Waals surface area contributed by atoms with Crippen LogP contribution >= 0.6 is 12.6 Å². The van der Waals surface area contributed by atoms with E-state index in [-0.39, 0.29) is 5.91 Å². The van der Waals surface area contributed by atoms with Gasteiger partial charge >= 0.3 is 0 Å². The van der Waals surface area contributed by atoms with Gasteiger partial charge in [0.05, 0.1) is 0 Å². The molecule has 0 spiro atoms. The molecule has 0 aromatic rings. The summed E-state index contributed by atoms with van der Waals surface area (Å²) in [7, 11) is 0. The minimum atomic E-state index is 0.142. The highest BCUT2D eigenvalue weighted by Crippen LogP contribution is 2.36. The molecule has 1 fully saturated rings. The van der Waals surface area contributed by atoms with Gasteiger partial charge in [-0.3, -0.25) is 4.79 Å². The molecule has 0 radical (unpaired) electrons. The van der Waals surface area contributed by atoms with E-state index >= 15 is 0 Å².